The Morgan fingerprint density at radius 1 is 1.38 bits per heavy atom. The first kappa shape index (κ1) is 15.7. The third-order valence-electron chi connectivity index (χ3n) is 3.66. The standard InChI is InChI=1S/C16H22N2O3/c1-16(7-8-19,11-21-2)17-10-13-9-12-5-3-4-6-14(12)18-15(13)20/h3-6,9,17,19H,7-8,10-11H2,1-2H3,(H,18,20). The molecule has 1 atom stereocenters. The number of aliphatic hydroxyl groups is 1. The average Bonchev–Trinajstić information content (AvgIpc) is 2.45. The van der Waals surface area contributed by atoms with Crippen LogP contribution in [0.3, 0.4) is 0 Å². The van der Waals surface area contributed by atoms with Crippen LogP contribution in [-0.4, -0.2) is 36.0 Å². The molecular weight excluding hydrogens is 268 g/mol. The molecule has 0 aliphatic rings. The number of methoxy groups -OCH3 is 1. The highest BCUT2D eigenvalue weighted by Crippen LogP contribution is 2.13. The summed E-state index contributed by atoms with van der Waals surface area (Å²) in [4.78, 5) is 15.0. The van der Waals surface area contributed by atoms with Crippen LogP contribution in [0.4, 0.5) is 0 Å². The zero-order valence-corrected chi connectivity index (χ0v) is 12.5. The smallest absolute Gasteiger partial charge is 0.252 e. The molecule has 0 saturated carbocycles. The van der Waals surface area contributed by atoms with Crippen LogP contribution in [0.5, 0.6) is 0 Å². The number of aromatic nitrogens is 1. The average molecular weight is 290 g/mol. The van der Waals surface area contributed by atoms with Crippen LogP contribution < -0.4 is 10.9 Å². The molecule has 0 spiro atoms. The predicted octanol–water partition coefficient (Wildman–Crippen LogP) is 1.41. The summed E-state index contributed by atoms with van der Waals surface area (Å²) in [6.07, 6.45) is 0.562. The third kappa shape index (κ3) is 3.91. The summed E-state index contributed by atoms with van der Waals surface area (Å²) in [5.74, 6) is 0. The van der Waals surface area contributed by atoms with Crippen molar-refractivity contribution in [2.45, 2.75) is 25.4 Å². The van der Waals surface area contributed by atoms with E-state index in [1.165, 1.54) is 0 Å². The molecule has 2 aromatic rings. The molecule has 0 saturated heterocycles. The lowest BCUT2D eigenvalue weighted by Crippen LogP contribution is -2.47. The van der Waals surface area contributed by atoms with E-state index >= 15 is 0 Å². The second-order valence-electron chi connectivity index (χ2n) is 5.53. The van der Waals surface area contributed by atoms with Gasteiger partial charge in [-0.3, -0.25) is 4.79 Å². The molecule has 1 aromatic carbocycles. The van der Waals surface area contributed by atoms with Gasteiger partial charge in [0.15, 0.2) is 0 Å². The number of rotatable bonds is 7. The summed E-state index contributed by atoms with van der Waals surface area (Å²) < 4.78 is 5.19. The number of hydrogen-bond donors (Lipinski definition) is 3. The molecule has 0 radical (unpaired) electrons. The Hall–Kier alpha value is -1.69. The summed E-state index contributed by atoms with van der Waals surface area (Å²) in [7, 11) is 1.63. The number of pyridine rings is 1. The molecule has 1 heterocycles. The number of fused-ring (bicyclic) bond motifs is 1. The number of para-hydroxylation sites is 1. The van der Waals surface area contributed by atoms with Crippen molar-refractivity contribution in [3.63, 3.8) is 0 Å². The van der Waals surface area contributed by atoms with Gasteiger partial charge in [-0.2, -0.15) is 0 Å². The fourth-order valence-electron chi connectivity index (χ4n) is 2.41. The van der Waals surface area contributed by atoms with E-state index in [9.17, 15) is 4.79 Å². The normalized spacial score (nSPS) is 14.2. The highest BCUT2D eigenvalue weighted by atomic mass is 16.5. The second kappa shape index (κ2) is 6.85. The maximum absolute atomic E-state index is 12.1. The Balaban J connectivity index is 2.19. The van der Waals surface area contributed by atoms with Crippen LogP contribution in [0.25, 0.3) is 10.9 Å². The van der Waals surface area contributed by atoms with Crippen LogP contribution in [0.2, 0.25) is 0 Å². The Morgan fingerprint density at radius 3 is 2.86 bits per heavy atom. The number of hydrogen-bond acceptors (Lipinski definition) is 4. The number of H-pyrrole nitrogens is 1. The lowest BCUT2D eigenvalue weighted by molar-refractivity contribution is 0.0969. The Morgan fingerprint density at radius 2 is 2.14 bits per heavy atom. The molecule has 5 nitrogen and oxygen atoms in total. The van der Waals surface area contributed by atoms with E-state index in [0.29, 0.717) is 25.1 Å². The minimum absolute atomic E-state index is 0.0704. The van der Waals surface area contributed by atoms with Gasteiger partial charge < -0.3 is 20.1 Å². The van der Waals surface area contributed by atoms with Gasteiger partial charge in [-0.25, -0.2) is 0 Å². The quantitative estimate of drug-likeness (QED) is 0.721. The molecule has 5 heteroatoms. The van der Waals surface area contributed by atoms with Crippen molar-refractivity contribution in [2.75, 3.05) is 20.3 Å². The molecule has 3 N–H and O–H groups in total. The lowest BCUT2D eigenvalue weighted by Gasteiger charge is -2.29. The van der Waals surface area contributed by atoms with Crippen LogP contribution in [0, 0.1) is 0 Å². The van der Waals surface area contributed by atoms with E-state index in [4.69, 9.17) is 9.84 Å². The van der Waals surface area contributed by atoms with Gasteiger partial charge in [-0.05, 0) is 30.9 Å². The van der Waals surface area contributed by atoms with Crippen LogP contribution >= 0.6 is 0 Å². The van der Waals surface area contributed by atoms with Crippen LogP contribution in [0.15, 0.2) is 35.1 Å². The third-order valence-corrected chi connectivity index (χ3v) is 3.66. The summed E-state index contributed by atoms with van der Waals surface area (Å²) in [6, 6.07) is 9.59. The van der Waals surface area contributed by atoms with Crippen molar-refractivity contribution in [1.82, 2.24) is 10.3 Å². The van der Waals surface area contributed by atoms with E-state index in [-0.39, 0.29) is 17.7 Å². The number of aliphatic hydroxyl groups excluding tert-OH is 1. The van der Waals surface area contributed by atoms with Gasteiger partial charge in [0.25, 0.3) is 5.56 Å². The molecule has 1 unspecified atom stereocenters. The second-order valence-corrected chi connectivity index (χ2v) is 5.53. The maximum Gasteiger partial charge on any atom is 0.252 e. The molecule has 1 aromatic heterocycles. The lowest BCUT2D eigenvalue weighted by atomic mass is 9.99. The summed E-state index contributed by atoms with van der Waals surface area (Å²) in [5, 5.41) is 13.5. The van der Waals surface area contributed by atoms with Gasteiger partial charge in [0.05, 0.1) is 6.61 Å². The molecule has 0 amide bonds. The topological polar surface area (TPSA) is 74.3 Å². The van der Waals surface area contributed by atoms with Crippen molar-refractivity contribution in [3.8, 4) is 0 Å². The first-order valence-electron chi connectivity index (χ1n) is 7.04. The molecule has 2 rings (SSSR count). The first-order chi connectivity index (χ1) is 10.1. The van der Waals surface area contributed by atoms with Crippen molar-refractivity contribution in [1.29, 1.82) is 0 Å². The van der Waals surface area contributed by atoms with Gasteiger partial charge in [-0.1, -0.05) is 18.2 Å². The van der Waals surface area contributed by atoms with Gasteiger partial charge >= 0.3 is 0 Å². The van der Waals surface area contributed by atoms with E-state index in [1.807, 2.05) is 37.3 Å². The molecule has 114 valence electrons. The molecule has 0 bridgehead atoms. The molecule has 0 fully saturated rings. The number of ether oxygens (including phenoxy) is 1. The monoisotopic (exact) mass is 290 g/mol. The van der Waals surface area contributed by atoms with Crippen LogP contribution in [0.1, 0.15) is 18.9 Å². The molecule has 0 aliphatic carbocycles. The zero-order chi connectivity index (χ0) is 15.3. The van der Waals surface area contributed by atoms with Crippen LogP contribution in [-0.2, 0) is 11.3 Å². The molecular formula is C16H22N2O3. The Labute approximate surface area is 124 Å². The summed E-state index contributed by atoms with van der Waals surface area (Å²) >= 11 is 0. The van der Waals surface area contributed by atoms with Crippen molar-refractivity contribution in [2.24, 2.45) is 0 Å². The number of nitrogens with one attached hydrogen (secondary N) is 2. The van der Waals surface area contributed by atoms with Gasteiger partial charge in [0.2, 0.25) is 0 Å². The Kier molecular flexibility index (Phi) is 5.12. The number of aromatic amines is 1. The van der Waals surface area contributed by atoms with Crippen molar-refractivity contribution < 1.29 is 9.84 Å². The van der Waals surface area contributed by atoms with Gasteiger partial charge in [0.1, 0.15) is 0 Å². The van der Waals surface area contributed by atoms with Crippen molar-refractivity contribution in [3.05, 3.63) is 46.2 Å². The Bertz CT molecular complexity index is 645. The fraction of sp³-hybridized carbons (Fsp3) is 0.438. The predicted molar refractivity (Wildman–Crippen MR) is 83.4 cm³/mol. The fourth-order valence-corrected chi connectivity index (χ4v) is 2.41. The van der Waals surface area contributed by atoms with Gasteiger partial charge in [-0.15, -0.1) is 0 Å². The zero-order valence-electron chi connectivity index (χ0n) is 12.5. The molecule has 0 aliphatic heterocycles. The van der Waals surface area contributed by atoms with Gasteiger partial charge in [0, 0.05) is 36.9 Å². The maximum atomic E-state index is 12.1. The van der Waals surface area contributed by atoms with E-state index in [1.54, 1.807) is 7.11 Å². The summed E-state index contributed by atoms with van der Waals surface area (Å²) in [5.41, 5.74) is 1.06. The first-order valence-corrected chi connectivity index (χ1v) is 7.04. The number of benzene rings is 1. The summed E-state index contributed by atoms with van der Waals surface area (Å²) in [6.45, 7) is 2.95. The van der Waals surface area contributed by atoms with E-state index < -0.39 is 0 Å². The SMILES string of the molecule is COCC(C)(CCO)NCc1cc2ccccc2[nH]c1=O. The van der Waals surface area contributed by atoms with E-state index in [0.717, 1.165) is 10.9 Å². The minimum atomic E-state index is -0.360. The highest BCUT2D eigenvalue weighted by Gasteiger charge is 2.23. The highest BCUT2D eigenvalue weighted by molar-refractivity contribution is 5.78. The largest absolute Gasteiger partial charge is 0.396 e. The molecule has 21 heavy (non-hydrogen) atoms. The van der Waals surface area contributed by atoms with E-state index in [2.05, 4.69) is 10.3 Å². The minimum Gasteiger partial charge on any atom is -0.396 e. The van der Waals surface area contributed by atoms with Crippen molar-refractivity contribution >= 4 is 10.9 Å².